The van der Waals surface area contributed by atoms with Crippen LogP contribution in [0.25, 0.3) is 11.5 Å². The lowest BCUT2D eigenvalue weighted by molar-refractivity contribution is 0.413. The van der Waals surface area contributed by atoms with Gasteiger partial charge in [0.25, 0.3) is 5.89 Å². The molecule has 1 atom stereocenters. The molecule has 0 saturated carbocycles. The minimum atomic E-state index is -0.150. The van der Waals surface area contributed by atoms with Crippen LogP contribution in [0.2, 0.25) is 0 Å². The van der Waals surface area contributed by atoms with E-state index in [-0.39, 0.29) is 6.04 Å². The molecule has 0 aliphatic rings. The van der Waals surface area contributed by atoms with Gasteiger partial charge < -0.3 is 10.3 Å². The molecule has 1 heterocycles. The Kier molecular flexibility index (Phi) is 4.14. The van der Waals surface area contributed by atoms with Crippen LogP contribution in [0, 0.1) is 6.92 Å². The Morgan fingerprint density at radius 2 is 2.22 bits per heavy atom. The van der Waals surface area contributed by atoms with Crippen LogP contribution in [-0.2, 0) is 0 Å². The molecule has 0 amide bonds. The van der Waals surface area contributed by atoms with Gasteiger partial charge in [0.05, 0.1) is 6.04 Å². The molecule has 0 saturated heterocycles. The van der Waals surface area contributed by atoms with Crippen molar-refractivity contribution in [1.29, 1.82) is 0 Å². The molecule has 5 heteroatoms. The second-order valence-corrected chi connectivity index (χ2v) is 5.23. The van der Waals surface area contributed by atoms with Crippen LogP contribution in [-0.4, -0.2) is 10.1 Å². The van der Waals surface area contributed by atoms with Crippen molar-refractivity contribution in [2.75, 3.05) is 0 Å². The number of nitrogens with zero attached hydrogens (tertiary/aromatic N) is 2. The molecule has 2 aromatic rings. The number of aromatic nitrogens is 2. The first-order valence-electron chi connectivity index (χ1n) is 5.97. The molecule has 4 nitrogen and oxygen atoms in total. The van der Waals surface area contributed by atoms with E-state index in [0.29, 0.717) is 11.7 Å². The van der Waals surface area contributed by atoms with Crippen LogP contribution < -0.4 is 5.73 Å². The number of rotatable bonds is 4. The number of halogens is 1. The summed E-state index contributed by atoms with van der Waals surface area (Å²) in [7, 11) is 0. The Morgan fingerprint density at radius 1 is 1.44 bits per heavy atom. The van der Waals surface area contributed by atoms with E-state index in [1.54, 1.807) is 0 Å². The van der Waals surface area contributed by atoms with E-state index in [0.717, 1.165) is 28.4 Å². The predicted octanol–water partition coefficient (Wildman–Crippen LogP) is 3.61. The summed E-state index contributed by atoms with van der Waals surface area (Å²) in [5.74, 6) is 1.11. The minimum absolute atomic E-state index is 0.150. The minimum Gasteiger partial charge on any atom is -0.334 e. The van der Waals surface area contributed by atoms with Crippen molar-refractivity contribution in [2.24, 2.45) is 5.73 Å². The monoisotopic (exact) mass is 309 g/mol. The quantitative estimate of drug-likeness (QED) is 0.937. The average Bonchev–Trinajstić information content (AvgIpc) is 2.78. The molecular formula is C13H16BrN3O. The van der Waals surface area contributed by atoms with Crippen LogP contribution in [0.1, 0.15) is 37.2 Å². The fourth-order valence-electron chi connectivity index (χ4n) is 1.80. The molecule has 0 aliphatic heterocycles. The SMILES string of the molecule is CCCC(N)c1noc(-c2ccc(Br)cc2C)n1. The van der Waals surface area contributed by atoms with Crippen LogP contribution in [0.5, 0.6) is 0 Å². The average molecular weight is 310 g/mol. The van der Waals surface area contributed by atoms with Gasteiger partial charge in [-0.15, -0.1) is 0 Å². The van der Waals surface area contributed by atoms with Gasteiger partial charge in [0, 0.05) is 10.0 Å². The van der Waals surface area contributed by atoms with E-state index in [4.69, 9.17) is 10.3 Å². The summed E-state index contributed by atoms with van der Waals surface area (Å²) in [6.45, 7) is 4.09. The van der Waals surface area contributed by atoms with Crippen LogP contribution >= 0.6 is 15.9 Å². The first-order chi connectivity index (χ1) is 8.61. The Morgan fingerprint density at radius 3 is 2.89 bits per heavy atom. The molecule has 18 heavy (non-hydrogen) atoms. The maximum atomic E-state index is 5.97. The zero-order valence-electron chi connectivity index (χ0n) is 10.5. The van der Waals surface area contributed by atoms with Gasteiger partial charge in [0.2, 0.25) is 0 Å². The van der Waals surface area contributed by atoms with E-state index in [9.17, 15) is 0 Å². The van der Waals surface area contributed by atoms with Crippen molar-refractivity contribution in [3.8, 4) is 11.5 Å². The molecule has 1 unspecified atom stereocenters. The number of hydrogen-bond donors (Lipinski definition) is 1. The first kappa shape index (κ1) is 13.2. The Balaban J connectivity index is 2.29. The van der Waals surface area contributed by atoms with Gasteiger partial charge in [0.15, 0.2) is 5.82 Å². The van der Waals surface area contributed by atoms with Crippen LogP contribution in [0.3, 0.4) is 0 Å². The van der Waals surface area contributed by atoms with Crippen LogP contribution in [0.15, 0.2) is 27.2 Å². The third-order valence-electron chi connectivity index (χ3n) is 2.79. The van der Waals surface area contributed by atoms with Crippen molar-refractivity contribution in [3.05, 3.63) is 34.1 Å². The predicted molar refractivity (Wildman–Crippen MR) is 74.0 cm³/mol. The molecule has 2 N–H and O–H groups in total. The summed E-state index contributed by atoms with van der Waals surface area (Å²) in [5, 5.41) is 3.95. The molecule has 1 aromatic carbocycles. The zero-order chi connectivity index (χ0) is 13.1. The lowest BCUT2D eigenvalue weighted by atomic mass is 10.1. The van der Waals surface area contributed by atoms with Crippen molar-refractivity contribution in [1.82, 2.24) is 10.1 Å². The fourth-order valence-corrected chi connectivity index (χ4v) is 2.28. The van der Waals surface area contributed by atoms with E-state index in [1.165, 1.54) is 0 Å². The molecule has 0 fully saturated rings. The molecule has 0 bridgehead atoms. The van der Waals surface area contributed by atoms with Gasteiger partial charge >= 0.3 is 0 Å². The Bertz CT molecular complexity index is 539. The highest BCUT2D eigenvalue weighted by Crippen LogP contribution is 2.25. The summed E-state index contributed by atoms with van der Waals surface area (Å²) in [6.07, 6.45) is 1.86. The number of nitrogens with two attached hydrogens (primary N) is 1. The molecule has 0 radical (unpaired) electrons. The van der Waals surface area contributed by atoms with Crippen molar-refractivity contribution in [2.45, 2.75) is 32.7 Å². The number of benzene rings is 1. The first-order valence-corrected chi connectivity index (χ1v) is 6.76. The molecular weight excluding hydrogens is 294 g/mol. The maximum Gasteiger partial charge on any atom is 0.258 e. The molecule has 2 rings (SSSR count). The highest BCUT2D eigenvalue weighted by molar-refractivity contribution is 9.10. The van der Waals surface area contributed by atoms with Gasteiger partial charge in [-0.25, -0.2) is 0 Å². The standard InChI is InChI=1S/C13H16BrN3O/c1-3-4-11(15)12-16-13(18-17-12)10-6-5-9(14)7-8(10)2/h5-7,11H,3-4,15H2,1-2H3. The summed E-state index contributed by atoms with van der Waals surface area (Å²) in [6, 6.07) is 5.79. The third-order valence-corrected chi connectivity index (χ3v) is 3.29. The van der Waals surface area contributed by atoms with Gasteiger partial charge in [0.1, 0.15) is 0 Å². The van der Waals surface area contributed by atoms with E-state index in [2.05, 4.69) is 33.0 Å². The highest BCUT2D eigenvalue weighted by atomic mass is 79.9. The lowest BCUT2D eigenvalue weighted by Crippen LogP contribution is -2.11. The molecule has 0 spiro atoms. The molecule has 1 aromatic heterocycles. The van der Waals surface area contributed by atoms with Crippen molar-refractivity contribution >= 4 is 15.9 Å². The van der Waals surface area contributed by atoms with E-state index < -0.39 is 0 Å². The van der Waals surface area contributed by atoms with Crippen LogP contribution in [0.4, 0.5) is 0 Å². The van der Waals surface area contributed by atoms with Crippen molar-refractivity contribution < 1.29 is 4.52 Å². The second-order valence-electron chi connectivity index (χ2n) is 4.31. The maximum absolute atomic E-state index is 5.97. The number of aryl methyl sites for hydroxylation is 1. The van der Waals surface area contributed by atoms with Crippen molar-refractivity contribution in [3.63, 3.8) is 0 Å². The normalized spacial score (nSPS) is 12.7. The van der Waals surface area contributed by atoms with Gasteiger partial charge in [-0.1, -0.05) is 34.4 Å². The number of hydrogen-bond acceptors (Lipinski definition) is 4. The summed E-state index contributed by atoms with van der Waals surface area (Å²) in [4.78, 5) is 4.37. The fraction of sp³-hybridized carbons (Fsp3) is 0.385. The van der Waals surface area contributed by atoms with Gasteiger partial charge in [-0.3, -0.25) is 0 Å². The van der Waals surface area contributed by atoms with E-state index in [1.807, 2.05) is 25.1 Å². The Hall–Kier alpha value is -1.20. The largest absolute Gasteiger partial charge is 0.334 e. The summed E-state index contributed by atoms with van der Waals surface area (Å²) in [5.41, 5.74) is 8.00. The van der Waals surface area contributed by atoms with Gasteiger partial charge in [-0.05, 0) is 37.1 Å². The van der Waals surface area contributed by atoms with E-state index >= 15 is 0 Å². The zero-order valence-corrected chi connectivity index (χ0v) is 12.1. The molecule has 0 aliphatic carbocycles. The second kappa shape index (κ2) is 5.63. The Labute approximate surface area is 115 Å². The highest BCUT2D eigenvalue weighted by Gasteiger charge is 2.15. The summed E-state index contributed by atoms with van der Waals surface area (Å²) >= 11 is 3.43. The smallest absolute Gasteiger partial charge is 0.258 e. The topological polar surface area (TPSA) is 64.9 Å². The van der Waals surface area contributed by atoms with Gasteiger partial charge in [-0.2, -0.15) is 4.98 Å². The lowest BCUT2D eigenvalue weighted by Gasteiger charge is -2.03. The third kappa shape index (κ3) is 2.79. The summed E-state index contributed by atoms with van der Waals surface area (Å²) < 4.78 is 6.32. The molecule has 96 valence electrons.